The topological polar surface area (TPSA) is 137 Å². The standard InChI is InChI=1S/C24H27N5O5/c1-32-20-12-16(13-21(33-2)22(20)34-3)28-24(31)29-19(23(30)26-10-6-9-25)11-15-14-27-18-8-5-4-7-17(15)18/h4-5,7-8,12-14,19,27H,6,10-11H2,1-3H3,(H,26,30)(H2,28,29,31). The number of para-hydroxylation sites is 1. The Balaban J connectivity index is 1.79. The largest absolute Gasteiger partial charge is 0.493 e. The lowest BCUT2D eigenvalue weighted by atomic mass is 10.0. The summed E-state index contributed by atoms with van der Waals surface area (Å²) in [4.78, 5) is 28.8. The zero-order valence-electron chi connectivity index (χ0n) is 19.2. The summed E-state index contributed by atoms with van der Waals surface area (Å²) >= 11 is 0. The maximum absolute atomic E-state index is 12.8. The molecular formula is C24H27N5O5. The Morgan fingerprint density at radius 1 is 1.09 bits per heavy atom. The first-order valence-corrected chi connectivity index (χ1v) is 10.6. The number of anilines is 1. The van der Waals surface area contributed by atoms with Gasteiger partial charge in [0.2, 0.25) is 11.7 Å². The van der Waals surface area contributed by atoms with Crippen molar-refractivity contribution in [2.75, 3.05) is 33.2 Å². The molecule has 3 aromatic rings. The smallest absolute Gasteiger partial charge is 0.319 e. The number of amides is 3. The van der Waals surface area contributed by atoms with E-state index in [4.69, 9.17) is 19.5 Å². The number of aromatic amines is 1. The first kappa shape index (κ1) is 24.3. The van der Waals surface area contributed by atoms with E-state index in [2.05, 4.69) is 20.9 Å². The zero-order valence-corrected chi connectivity index (χ0v) is 19.2. The van der Waals surface area contributed by atoms with Gasteiger partial charge in [-0.25, -0.2) is 4.79 Å². The second-order valence-electron chi connectivity index (χ2n) is 7.33. The predicted molar refractivity (Wildman–Crippen MR) is 127 cm³/mol. The molecule has 178 valence electrons. The van der Waals surface area contributed by atoms with E-state index in [9.17, 15) is 9.59 Å². The maximum Gasteiger partial charge on any atom is 0.319 e. The van der Waals surface area contributed by atoms with Gasteiger partial charge in [-0.2, -0.15) is 5.26 Å². The van der Waals surface area contributed by atoms with E-state index in [0.717, 1.165) is 16.5 Å². The number of hydrogen-bond donors (Lipinski definition) is 4. The van der Waals surface area contributed by atoms with Gasteiger partial charge in [-0.1, -0.05) is 18.2 Å². The van der Waals surface area contributed by atoms with Gasteiger partial charge in [0.1, 0.15) is 6.04 Å². The first-order valence-electron chi connectivity index (χ1n) is 10.6. The van der Waals surface area contributed by atoms with E-state index in [0.29, 0.717) is 22.9 Å². The molecule has 0 saturated heterocycles. The van der Waals surface area contributed by atoms with Crippen molar-refractivity contribution in [2.45, 2.75) is 18.9 Å². The van der Waals surface area contributed by atoms with Gasteiger partial charge >= 0.3 is 6.03 Å². The number of methoxy groups -OCH3 is 3. The normalized spacial score (nSPS) is 11.2. The van der Waals surface area contributed by atoms with Crippen LogP contribution in [0.3, 0.4) is 0 Å². The third-order valence-electron chi connectivity index (χ3n) is 5.18. The van der Waals surface area contributed by atoms with Crippen molar-refractivity contribution in [3.8, 4) is 23.3 Å². The van der Waals surface area contributed by atoms with Gasteiger partial charge in [0.25, 0.3) is 0 Å². The third kappa shape index (κ3) is 5.69. The van der Waals surface area contributed by atoms with Crippen LogP contribution in [-0.4, -0.2) is 50.8 Å². The highest BCUT2D eigenvalue weighted by Gasteiger charge is 2.23. The highest BCUT2D eigenvalue weighted by molar-refractivity contribution is 5.95. The first-order chi connectivity index (χ1) is 16.5. The molecule has 0 aliphatic heterocycles. The number of fused-ring (bicyclic) bond motifs is 1. The Kier molecular flexibility index (Phi) is 8.18. The van der Waals surface area contributed by atoms with Crippen molar-refractivity contribution in [1.29, 1.82) is 5.26 Å². The van der Waals surface area contributed by atoms with Crippen LogP contribution in [0.4, 0.5) is 10.5 Å². The number of urea groups is 1. The number of carbonyl (C=O) groups excluding carboxylic acids is 2. The highest BCUT2D eigenvalue weighted by Crippen LogP contribution is 2.39. The Bertz CT molecular complexity index is 1170. The van der Waals surface area contributed by atoms with E-state index in [1.807, 2.05) is 36.5 Å². The van der Waals surface area contributed by atoms with Gasteiger partial charge in [0.05, 0.1) is 39.5 Å². The molecule has 0 fully saturated rings. The van der Waals surface area contributed by atoms with Gasteiger partial charge < -0.3 is 35.1 Å². The van der Waals surface area contributed by atoms with Gasteiger partial charge in [0.15, 0.2) is 11.5 Å². The molecule has 34 heavy (non-hydrogen) atoms. The fourth-order valence-electron chi connectivity index (χ4n) is 3.57. The maximum atomic E-state index is 12.8. The summed E-state index contributed by atoms with van der Waals surface area (Å²) in [5.41, 5.74) is 2.20. The Labute approximate surface area is 197 Å². The second-order valence-corrected chi connectivity index (χ2v) is 7.33. The van der Waals surface area contributed by atoms with Crippen LogP contribution >= 0.6 is 0 Å². The number of carbonyl (C=O) groups is 2. The predicted octanol–water partition coefficient (Wildman–Crippen LogP) is 2.96. The number of hydrogen-bond acceptors (Lipinski definition) is 6. The quantitative estimate of drug-likeness (QED) is 0.340. The number of nitrogens with zero attached hydrogens (tertiary/aromatic N) is 1. The Morgan fingerprint density at radius 2 is 1.79 bits per heavy atom. The van der Waals surface area contributed by atoms with Gasteiger partial charge in [-0.15, -0.1) is 0 Å². The summed E-state index contributed by atoms with van der Waals surface area (Å²) in [6.07, 6.45) is 2.24. The summed E-state index contributed by atoms with van der Waals surface area (Å²) in [7, 11) is 4.44. The molecule has 0 spiro atoms. The van der Waals surface area contributed by atoms with Gasteiger partial charge in [0, 0.05) is 42.2 Å². The average Bonchev–Trinajstić information content (AvgIpc) is 3.25. The average molecular weight is 466 g/mol. The summed E-state index contributed by atoms with van der Waals surface area (Å²) < 4.78 is 15.9. The Morgan fingerprint density at radius 3 is 2.44 bits per heavy atom. The van der Waals surface area contributed by atoms with E-state index in [-0.39, 0.29) is 25.3 Å². The lowest BCUT2D eigenvalue weighted by Crippen LogP contribution is -2.49. The van der Waals surface area contributed by atoms with Crippen molar-refractivity contribution in [1.82, 2.24) is 15.6 Å². The van der Waals surface area contributed by atoms with Crippen LogP contribution in [0.2, 0.25) is 0 Å². The molecular weight excluding hydrogens is 438 g/mol. The van der Waals surface area contributed by atoms with Crippen molar-refractivity contribution in [3.63, 3.8) is 0 Å². The molecule has 2 aromatic carbocycles. The van der Waals surface area contributed by atoms with E-state index < -0.39 is 12.1 Å². The number of nitriles is 1. The van der Waals surface area contributed by atoms with Crippen LogP contribution < -0.4 is 30.2 Å². The third-order valence-corrected chi connectivity index (χ3v) is 5.18. The molecule has 10 heteroatoms. The van der Waals surface area contributed by atoms with E-state index >= 15 is 0 Å². The number of rotatable bonds is 10. The molecule has 0 bridgehead atoms. The molecule has 3 rings (SSSR count). The molecule has 1 heterocycles. The molecule has 0 aliphatic rings. The molecule has 1 aromatic heterocycles. The van der Waals surface area contributed by atoms with Crippen LogP contribution in [0.1, 0.15) is 12.0 Å². The molecule has 0 aliphatic carbocycles. The summed E-state index contributed by atoms with van der Waals surface area (Å²) in [6, 6.07) is 11.4. The number of nitrogens with one attached hydrogen (secondary N) is 4. The van der Waals surface area contributed by atoms with Crippen molar-refractivity contribution in [3.05, 3.63) is 48.2 Å². The minimum absolute atomic E-state index is 0.170. The summed E-state index contributed by atoms with van der Waals surface area (Å²) in [6.45, 7) is 0.190. The van der Waals surface area contributed by atoms with Gasteiger partial charge in [-0.05, 0) is 11.6 Å². The van der Waals surface area contributed by atoms with Crippen molar-refractivity contribution in [2.24, 2.45) is 0 Å². The number of aromatic nitrogens is 1. The van der Waals surface area contributed by atoms with Crippen molar-refractivity contribution < 1.29 is 23.8 Å². The molecule has 0 saturated carbocycles. The number of H-pyrrole nitrogens is 1. The van der Waals surface area contributed by atoms with Crippen LogP contribution in [0.15, 0.2) is 42.6 Å². The van der Waals surface area contributed by atoms with Gasteiger partial charge in [-0.3, -0.25) is 4.79 Å². The lowest BCUT2D eigenvalue weighted by Gasteiger charge is -2.19. The van der Waals surface area contributed by atoms with E-state index in [1.54, 1.807) is 12.1 Å². The highest BCUT2D eigenvalue weighted by atomic mass is 16.5. The van der Waals surface area contributed by atoms with Crippen LogP contribution in [0, 0.1) is 11.3 Å². The zero-order chi connectivity index (χ0) is 24.5. The molecule has 1 atom stereocenters. The molecule has 0 radical (unpaired) electrons. The van der Waals surface area contributed by atoms with Crippen LogP contribution in [0.25, 0.3) is 10.9 Å². The molecule has 1 unspecified atom stereocenters. The summed E-state index contributed by atoms with van der Waals surface area (Å²) in [5.74, 6) is 0.758. The van der Waals surface area contributed by atoms with Crippen LogP contribution in [0.5, 0.6) is 17.2 Å². The lowest BCUT2D eigenvalue weighted by molar-refractivity contribution is -0.122. The summed E-state index contributed by atoms with van der Waals surface area (Å²) in [5, 5.41) is 17.9. The SMILES string of the molecule is COc1cc(NC(=O)NC(Cc2c[nH]c3ccccc23)C(=O)NCCC#N)cc(OC)c1OC. The minimum atomic E-state index is -0.875. The van der Waals surface area contributed by atoms with E-state index in [1.165, 1.54) is 21.3 Å². The molecule has 3 amide bonds. The number of benzene rings is 2. The number of ether oxygens (including phenoxy) is 3. The molecule has 4 N–H and O–H groups in total. The molecule has 10 nitrogen and oxygen atoms in total. The fourth-order valence-corrected chi connectivity index (χ4v) is 3.57. The second kappa shape index (κ2) is 11.5. The minimum Gasteiger partial charge on any atom is -0.493 e. The monoisotopic (exact) mass is 465 g/mol. The van der Waals surface area contributed by atoms with Crippen LogP contribution in [-0.2, 0) is 11.2 Å². The fraction of sp³-hybridized carbons (Fsp3) is 0.292. The Hall–Kier alpha value is -4.39. The van der Waals surface area contributed by atoms with Crippen molar-refractivity contribution >= 4 is 28.5 Å².